The molecule has 1 atom stereocenters. The van der Waals surface area contributed by atoms with Gasteiger partial charge in [-0.25, -0.2) is 4.98 Å². The van der Waals surface area contributed by atoms with Gasteiger partial charge in [0.15, 0.2) is 0 Å². The number of thiazole rings is 1. The van der Waals surface area contributed by atoms with Gasteiger partial charge in [0.2, 0.25) is 0 Å². The Bertz CT molecular complexity index is 334. The van der Waals surface area contributed by atoms with Crippen LogP contribution in [0.5, 0.6) is 0 Å². The summed E-state index contributed by atoms with van der Waals surface area (Å²) >= 11 is 1.77. The first-order chi connectivity index (χ1) is 8.07. The highest BCUT2D eigenvalue weighted by molar-refractivity contribution is 7.09. The van der Waals surface area contributed by atoms with Gasteiger partial charge >= 0.3 is 0 Å². The first-order valence-corrected chi connectivity index (χ1v) is 7.31. The van der Waals surface area contributed by atoms with Crippen molar-refractivity contribution in [2.75, 3.05) is 26.2 Å². The van der Waals surface area contributed by atoms with Gasteiger partial charge in [0, 0.05) is 36.1 Å². The van der Waals surface area contributed by atoms with E-state index in [0.29, 0.717) is 5.92 Å². The van der Waals surface area contributed by atoms with Crippen LogP contribution in [0.3, 0.4) is 0 Å². The zero-order valence-corrected chi connectivity index (χ0v) is 11.9. The van der Waals surface area contributed by atoms with Crippen LogP contribution in [0, 0.1) is 0 Å². The molecular weight excluding hydrogens is 230 g/mol. The minimum Gasteiger partial charge on any atom is -0.310 e. The molecule has 0 spiro atoms. The SMILES string of the molecule is CC(CN1CCCNC(C)(C)C1)c1nccs1. The minimum absolute atomic E-state index is 0.235. The van der Waals surface area contributed by atoms with Crippen molar-refractivity contribution >= 4 is 11.3 Å². The van der Waals surface area contributed by atoms with E-state index in [1.807, 2.05) is 6.20 Å². The number of hydrogen-bond acceptors (Lipinski definition) is 4. The normalized spacial score (nSPS) is 23.2. The Labute approximate surface area is 108 Å². The van der Waals surface area contributed by atoms with E-state index < -0.39 is 0 Å². The smallest absolute Gasteiger partial charge is 0.0965 e. The van der Waals surface area contributed by atoms with Gasteiger partial charge in [-0.3, -0.25) is 0 Å². The predicted molar refractivity (Wildman–Crippen MR) is 73.7 cm³/mol. The van der Waals surface area contributed by atoms with E-state index in [0.717, 1.165) is 19.6 Å². The maximum Gasteiger partial charge on any atom is 0.0965 e. The fourth-order valence-corrected chi connectivity index (χ4v) is 3.21. The average Bonchev–Trinajstić information content (AvgIpc) is 2.71. The van der Waals surface area contributed by atoms with Crippen molar-refractivity contribution in [3.8, 4) is 0 Å². The molecule has 0 bridgehead atoms. The minimum atomic E-state index is 0.235. The monoisotopic (exact) mass is 253 g/mol. The number of nitrogens with zero attached hydrogens (tertiary/aromatic N) is 2. The lowest BCUT2D eigenvalue weighted by Gasteiger charge is -2.31. The van der Waals surface area contributed by atoms with Crippen molar-refractivity contribution in [2.24, 2.45) is 0 Å². The third-order valence-corrected chi connectivity index (χ3v) is 4.29. The highest BCUT2D eigenvalue weighted by Crippen LogP contribution is 2.20. The lowest BCUT2D eigenvalue weighted by atomic mass is 10.0. The third kappa shape index (κ3) is 3.76. The molecule has 0 radical (unpaired) electrons. The van der Waals surface area contributed by atoms with Crippen molar-refractivity contribution in [3.05, 3.63) is 16.6 Å². The Kier molecular flexibility index (Phi) is 4.17. The van der Waals surface area contributed by atoms with Gasteiger partial charge in [-0.15, -0.1) is 11.3 Å². The molecule has 96 valence electrons. The largest absolute Gasteiger partial charge is 0.310 e. The summed E-state index contributed by atoms with van der Waals surface area (Å²) in [6, 6.07) is 0. The molecule has 0 aliphatic carbocycles. The molecule has 1 unspecified atom stereocenters. The molecule has 1 fully saturated rings. The van der Waals surface area contributed by atoms with E-state index in [-0.39, 0.29) is 5.54 Å². The Balaban J connectivity index is 1.93. The summed E-state index contributed by atoms with van der Waals surface area (Å²) in [4.78, 5) is 6.99. The Morgan fingerprint density at radius 1 is 1.59 bits per heavy atom. The number of hydrogen-bond donors (Lipinski definition) is 1. The molecule has 17 heavy (non-hydrogen) atoms. The highest BCUT2D eigenvalue weighted by atomic mass is 32.1. The summed E-state index contributed by atoms with van der Waals surface area (Å²) in [5.74, 6) is 0.545. The average molecular weight is 253 g/mol. The molecule has 1 aliphatic rings. The third-order valence-electron chi connectivity index (χ3n) is 3.28. The van der Waals surface area contributed by atoms with E-state index in [1.54, 1.807) is 11.3 Å². The summed E-state index contributed by atoms with van der Waals surface area (Å²) in [7, 11) is 0. The number of nitrogens with one attached hydrogen (secondary N) is 1. The van der Waals surface area contributed by atoms with Crippen molar-refractivity contribution in [1.82, 2.24) is 15.2 Å². The fourth-order valence-electron chi connectivity index (χ4n) is 2.52. The second kappa shape index (κ2) is 5.46. The van der Waals surface area contributed by atoms with Crippen molar-refractivity contribution in [1.29, 1.82) is 0 Å². The maximum absolute atomic E-state index is 4.42. The first kappa shape index (κ1) is 13.0. The topological polar surface area (TPSA) is 28.2 Å². The van der Waals surface area contributed by atoms with Gasteiger partial charge < -0.3 is 10.2 Å². The van der Waals surface area contributed by atoms with E-state index in [9.17, 15) is 0 Å². The Hall–Kier alpha value is -0.450. The van der Waals surface area contributed by atoms with Crippen LogP contribution < -0.4 is 5.32 Å². The molecule has 2 heterocycles. The van der Waals surface area contributed by atoms with E-state index in [2.05, 4.69) is 41.4 Å². The van der Waals surface area contributed by atoms with Gasteiger partial charge in [0.25, 0.3) is 0 Å². The number of rotatable bonds is 3. The molecule has 1 aliphatic heterocycles. The second-order valence-electron chi connectivity index (χ2n) is 5.67. The van der Waals surface area contributed by atoms with E-state index >= 15 is 0 Å². The Morgan fingerprint density at radius 3 is 3.12 bits per heavy atom. The van der Waals surface area contributed by atoms with Gasteiger partial charge in [0.05, 0.1) is 5.01 Å². The predicted octanol–water partition coefficient (Wildman–Crippen LogP) is 2.32. The zero-order chi connectivity index (χ0) is 12.3. The summed E-state index contributed by atoms with van der Waals surface area (Å²) < 4.78 is 0. The van der Waals surface area contributed by atoms with Gasteiger partial charge in [-0.05, 0) is 33.4 Å². The van der Waals surface area contributed by atoms with Crippen LogP contribution in [-0.2, 0) is 0 Å². The lowest BCUT2D eigenvalue weighted by Crippen LogP contribution is -2.47. The van der Waals surface area contributed by atoms with Crippen LogP contribution in [0.15, 0.2) is 11.6 Å². The molecule has 1 saturated heterocycles. The highest BCUT2D eigenvalue weighted by Gasteiger charge is 2.25. The van der Waals surface area contributed by atoms with Crippen LogP contribution in [0.2, 0.25) is 0 Å². The standard InChI is InChI=1S/C13H23N3S/c1-11(12-14-6-8-17-12)9-16-7-4-5-15-13(2,3)10-16/h6,8,11,15H,4-5,7,9-10H2,1-3H3. The molecule has 1 N–H and O–H groups in total. The van der Waals surface area contributed by atoms with Gasteiger partial charge in [0.1, 0.15) is 0 Å². The summed E-state index contributed by atoms with van der Waals surface area (Å²) in [6.07, 6.45) is 3.15. The molecule has 2 rings (SSSR count). The second-order valence-corrected chi connectivity index (χ2v) is 6.60. The molecule has 1 aromatic heterocycles. The molecular formula is C13H23N3S. The van der Waals surface area contributed by atoms with Crippen LogP contribution in [-0.4, -0.2) is 41.6 Å². The van der Waals surface area contributed by atoms with Crippen molar-refractivity contribution in [3.63, 3.8) is 0 Å². The van der Waals surface area contributed by atoms with Crippen molar-refractivity contribution in [2.45, 2.75) is 38.6 Å². The molecule has 0 saturated carbocycles. The van der Waals surface area contributed by atoms with E-state index in [1.165, 1.54) is 18.0 Å². The Morgan fingerprint density at radius 2 is 2.41 bits per heavy atom. The van der Waals surface area contributed by atoms with Gasteiger partial charge in [-0.2, -0.15) is 0 Å². The van der Waals surface area contributed by atoms with Crippen LogP contribution in [0.25, 0.3) is 0 Å². The maximum atomic E-state index is 4.42. The first-order valence-electron chi connectivity index (χ1n) is 6.44. The number of aromatic nitrogens is 1. The molecule has 4 heteroatoms. The van der Waals surface area contributed by atoms with E-state index in [4.69, 9.17) is 0 Å². The van der Waals surface area contributed by atoms with Crippen LogP contribution in [0.4, 0.5) is 0 Å². The molecule has 1 aromatic rings. The zero-order valence-electron chi connectivity index (χ0n) is 11.1. The van der Waals surface area contributed by atoms with Crippen LogP contribution >= 0.6 is 11.3 Å². The van der Waals surface area contributed by atoms with Crippen molar-refractivity contribution < 1.29 is 0 Å². The summed E-state index contributed by atoms with van der Waals surface area (Å²) in [5.41, 5.74) is 0.235. The lowest BCUT2D eigenvalue weighted by molar-refractivity contribution is 0.222. The summed E-state index contributed by atoms with van der Waals surface area (Å²) in [6.45, 7) is 11.4. The summed E-state index contributed by atoms with van der Waals surface area (Å²) in [5, 5.41) is 6.94. The fraction of sp³-hybridized carbons (Fsp3) is 0.769. The van der Waals surface area contributed by atoms with Gasteiger partial charge in [-0.1, -0.05) is 6.92 Å². The molecule has 3 nitrogen and oxygen atoms in total. The molecule has 0 aromatic carbocycles. The van der Waals surface area contributed by atoms with Crippen LogP contribution in [0.1, 0.15) is 38.1 Å². The quantitative estimate of drug-likeness (QED) is 0.896. The molecule has 0 amide bonds.